The van der Waals surface area contributed by atoms with Crippen LogP contribution in [0.3, 0.4) is 0 Å². The van der Waals surface area contributed by atoms with Crippen LogP contribution in [0.25, 0.3) is 0 Å². The number of carbonyl (C=O) groups is 1. The molecule has 0 aromatic carbocycles. The van der Waals surface area contributed by atoms with Crippen molar-refractivity contribution in [3.05, 3.63) is 22.2 Å². The van der Waals surface area contributed by atoms with Gasteiger partial charge in [0, 0.05) is 25.5 Å². The van der Waals surface area contributed by atoms with Crippen molar-refractivity contribution in [3.63, 3.8) is 0 Å². The largest absolute Gasteiger partial charge is 0.397 e. The summed E-state index contributed by atoms with van der Waals surface area (Å²) in [6.45, 7) is 4.03. The number of nitrogens with zero attached hydrogens (tertiary/aromatic N) is 2. The van der Waals surface area contributed by atoms with Crippen molar-refractivity contribution in [2.24, 2.45) is 0 Å². The molecule has 3 rings (SSSR count). The number of aryl methyl sites for hydroxylation is 1. The molecule has 0 saturated heterocycles. The number of nitrogens with one attached hydrogen (secondary N) is 1. The molecule has 21 heavy (non-hydrogen) atoms. The molecule has 1 aliphatic rings. The fourth-order valence-electron chi connectivity index (χ4n) is 2.35. The van der Waals surface area contributed by atoms with Gasteiger partial charge in [-0.15, -0.1) is 11.3 Å². The second-order valence-electron chi connectivity index (χ2n) is 5.33. The second-order valence-corrected chi connectivity index (χ2v) is 6.35. The maximum Gasteiger partial charge on any atom is 0.228 e. The van der Waals surface area contributed by atoms with Crippen LogP contribution in [0.15, 0.2) is 4.52 Å². The summed E-state index contributed by atoms with van der Waals surface area (Å²) < 4.78 is 5.08. The third-order valence-electron chi connectivity index (χ3n) is 3.48. The summed E-state index contributed by atoms with van der Waals surface area (Å²) in [5.74, 6) is 1.79. The molecule has 2 aromatic heterocycles. The van der Waals surface area contributed by atoms with Crippen LogP contribution in [-0.4, -0.2) is 22.5 Å². The van der Waals surface area contributed by atoms with E-state index in [4.69, 9.17) is 10.3 Å². The zero-order chi connectivity index (χ0) is 15.0. The number of ketones is 1. The third-order valence-corrected chi connectivity index (χ3v) is 4.76. The molecule has 1 fully saturated rings. The van der Waals surface area contributed by atoms with Gasteiger partial charge in [0.05, 0.1) is 15.6 Å². The first-order valence-electron chi connectivity index (χ1n) is 7.02. The quantitative estimate of drug-likeness (QED) is 0.797. The molecule has 3 N–H and O–H groups in total. The minimum Gasteiger partial charge on any atom is -0.397 e. The van der Waals surface area contributed by atoms with Gasteiger partial charge < -0.3 is 15.6 Å². The summed E-state index contributed by atoms with van der Waals surface area (Å²) in [5, 5.41) is 8.14. The molecule has 2 aromatic rings. The van der Waals surface area contributed by atoms with E-state index >= 15 is 0 Å². The van der Waals surface area contributed by atoms with E-state index < -0.39 is 0 Å². The van der Waals surface area contributed by atoms with E-state index in [1.165, 1.54) is 11.3 Å². The summed E-state index contributed by atoms with van der Waals surface area (Å²) >= 11 is 1.45. The van der Waals surface area contributed by atoms with Crippen LogP contribution < -0.4 is 11.1 Å². The molecular weight excluding hydrogens is 288 g/mol. The predicted molar refractivity (Wildman–Crippen MR) is 81.9 cm³/mol. The standard InChI is InChI=1S/C14H18N4O2S/c1-7(19)13-12(15)11(9-3-4-9)14(21-13)16-6-5-10-17-8(2)18-20-10/h9,16H,3-6,15H2,1-2H3. The lowest BCUT2D eigenvalue weighted by atomic mass is 10.1. The number of hydrogen-bond donors (Lipinski definition) is 2. The molecule has 1 saturated carbocycles. The van der Waals surface area contributed by atoms with Crippen molar-refractivity contribution in [2.75, 3.05) is 17.6 Å². The van der Waals surface area contributed by atoms with E-state index in [-0.39, 0.29) is 5.78 Å². The first kappa shape index (κ1) is 14.1. The van der Waals surface area contributed by atoms with Crippen LogP contribution in [0.4, 0.5) is 10.7 Å². The summed E-state index contributed by atoms with van der Waals surface area (Å²) in [7, 11) is 0. The van der Waals surface area contributed by atoms with Crippen molar-refractivity contribution in [1.29, 1.82) is 0 Å². The SMILES string of the molecule is CC(=O)c1sc(NCCc2nc(C)no2)c(C2CC2)c1N. The van der Waals surface area contributed by atoms with Crippen LogP contribution in [0.5, 0.6) is 0 Å². The molecule has 0 spiro atoms. The highest BCUT2D eigenvalue weighted by molar-refractivity contribution is 7.18. The lowest BCUT2D eigenvalue weighted by Crippen LogP contribution is -2.05. The summed E-state index contributed by atoms with van der Waals surface area (Å²) in [6.07, 6.45) is 2.95. The highest BCUT2D eigenvalue weighted by Crippen LogP contribution is 2.50. The van der Waals surface area contributed by atoms with Gasteiger partial charge in [-0.3, -0.25) is 4.79 Å². The molecule has 0 atom stereocenters. The van der Waals surface area contributed by atoms with Crippen molar-refractivity contribution in [3.8, 4) is 0 Å². The Bertz CT molecular complexity index is 673. The van der Waals surface area contributed by atoms with Gasteiger partial charge in [0.2, 0.25) is 5.89 Å². The average molecular weight is 306 g/mol. The first-order chi connectivity index (χ1) is 10.1. The average Bonchev–Trinajstić information content (AvgIpc) is 3.09. The zero-order valence-corrected chi connectivity index (χ0v) is 12.9. The third kappa shape index (κ3) is 2.92. The van der Waals surface area contributed by atoms with E-state index in [1.807, 2.05) is 0 Å². The fourth-order valence-corrected chi connectivity index (χ4v) is 3.48. The molecule has 112 valence electrons. The van der Waals surface area contributed by atoms with E-state index in [2.05, 4.69) is 15.5 Å². The lowest BCUT2D eigenvalue weighted by molar-refractivity contribution is 0.102. The number of thiophene rings is 1. The Morgan fingerprint density at radius 2 is 2.29 bits per heavy atom. The molecule has 0 bridgehead atoms. The Morgan fingerprint density at radius 1 is 1.52 bits per heavy atom. The Morgan fingerprint density at radius 3 is 2.86 bits per heavy atom. The van der Waals surface area contributed by atoms with Gasteiger partial charge in [-0.2, -0.15) is 4.98 Å². The van der Waals surface area contributed by atoms with E-state index in [0.717, 1.165) is 23.4 Å². The molecule has 0 radical (unpaired) electrons. The van der Waals surface area contributed by atoms with Gasteiger partial charge in [0.1, 0.15) is 0 Å². The Hall–Kier alpha value is -1.89. The van der Waals surface area contributed by atoms with Gasteiger partial charge in [0.15, 0.2) is 11.6 Å². The smallest absolute Gasteiger partial charge is 0.228 e. The number of hydrogen-bond acceptors (Lipinski definition) is 7. The predicted octanol–water partition coefficient (Wildman–Crippen LogP) is 2.76. The Kier molecular flexibility index (Phi) is 3.67. The Balaban J connectivity index is 1.72. The van der Waals surface area contributed by atoms with E-state index in [1.54, 1.807) is 13.8 Å². The number of Topliss-reactive ketones (excluding diaryl/α,β-unsaturated/α-hetero) is 1. The summed E-state index contributed by atoms with van der Waals surface area (Å²) in [4.78, 5) is 16.5. The van der Waals surface area contributed by atoms with E-state index in [0.29, 0.717) is 41.2 Å². The zero-order valence-electron chi connectivity index (χ0n) is 12.1. The van der Waals surface area contributed by atoms with Gasteiger partial charge in [-0.1, -0.05) is 5.16 Å². The molecule has 1 aliphatic carbocycles. The number of anilines is 2. The van der Waals surface area contributed by atoms with Crippen LogP contribution in [0, 0.1) is 6.92 Å². The highest BCUT2D eigenvalue weighted by atomic mass is 32.1. The molecule has 7 heteroatoms. The van der Waals surface area contributed by atoms with Crippen molar-refractivity contribution < 1.29 is 9.32 Å². The Labute approximate surface area is 126 Å². The monoisotopic (exact) mass is 306 g/mol. The van der Waals surface area contributed by atoms with Gasteiger partial charge in [-0.05, 0) is 25.7 Å². The molecule has 2 heterocycles. The van der Waals surface area contributed by atoms with Crippen LogP contribution in [0.2, 0.25) is 0 Å². The maximum absolute atomic E-state index is 11.6. The number of nitrogens with two attached hydrogens (primary N) is 1. The fraction of sp³-hybridized carbons (Fsp3) is 0.500. The minimum absolute atomic E-state index is 0.0278. The maximum atomic E-state index is 11.6. The highest BCUT2D eigenvalue weighted by Gasteiger charge is 2.32. The van der Waals surface area contributed by atoms with Crippen LogP contribution in [-0.2, 0) is 6.42 Å². The first-order valence-corrected chi connectivity index (χ1v) is 7.84. The van der Waals surface area contributed by atoms with Crippen LogP contribution >= 0.6 is 11.3 Å². The van der Waals surface area contributed by atoms with Crippen molar-refractivity contribution in [2.45, 2.75) is 39.0 Å². The van der Waals surface area contributed by atoms with Crippen molar-refractivity contribution >= 4 is 27.8 Å². The van der Waals surface area contributed by atoms with Crippen molar-refractivity contribution in [1.82, 2.24) is 10.1 Å². The molecule has 0 aliphatic heterocycles. The normalized spacial score (nSPS) is 14.4. The topological polar surface area (TPSA) is 94.0 Å². The summed E-state index contributed by atoms with van der Waals surface area (Å²) in [5.41, 5.74) is 7.92. The molecular formula is C14H18N4O2S. The number of carbonyl (C=O) groups excluding carboxylic acids is 1. The van der Waals surface area contributed by atoms with Gasteiger partial charge in [-0.25, -0.2) is 0 Å². The number of rotatable bonds is 6. The molecule has 0 amide bonds. The summed E-state index contributed by atoms with van der Waals surface area (Å²) in [6, 6.07) is 0. The molecule has 6 nitrogen and oxygen atoms in total. The number of nitrogen functional groups attached to an aromatic ring is 1. The molecule has 0 unspecified atom stereocenters. The van der Waals surface area contributed by atoms with Gasteiger partial charge >= 0.3 is 0 Å². The second kappa shape index (κ2) is 5.48. The van der Waals surface area contributed by atoms with E-state index in [9.17, 15) is 4.79 Å². The van der Waals surface area contributed by atoms with Gasteiger partial charge in [0.25, 0.3) is 0 Å². The minimum atomic E-state index is 0.0278. The number of aromatic nitrogens is 2. The lowest BCUT2D eigenvalue weighted by Gasteiger charge is -2.05. The van der Waals surface area contributed by atoms with Crippen LogP contribution in [0.1, 0.15) is 52.6 Å².